The predicted molar refractivity (Wildman–Crippen MR) is 97.6 cm³/mol. The van der Waals surface area contributed by atoms with Gasteiger partial charge in [-0.25, -0.2) is 0 Å². The number of hydrogen-bond donors (Lipinski definition) is 1. The Morgan fingerprint density at radius 2 is 1.64 bits per heavy atom. The quantitative estimate of drug-likeness (QED) is 0.507. The molecular weight excluding hydrogens is 320 g/mol. The van der Waals surface area contributed by atoms with Gasteiger partial charge >= 0.3 is 0 Å². The topological polar surface area (TPSA) is 57.2 Å². The van der Waals surface area contributed by atoms with E-state index >= 15 is 0 Å². The largest absolute Gasteiger partial charge is 0.394 e. The maximum atomic E-state index is 9.44. The average molecular weight is 359 g/mol. The second kappa shape index (κ2) is 12.2. The third-order valence-electron chi connectivity index (χ3n) is 5.29. The molecule has 0 aromatic heterocycles. The lowest BCUT2D eigenvalue weighted by atomic mass is 10.1. The molecule has 1 unspecified atom stereocenters. The maximum Gasteiger partial charge on any atom is 0.158 e. The molecule has 0 saturated carbocycles. The van der Waals surface area contributed by atoms with Crippen molar-refractivity contribution in [2.24, 2.45) is 0 Å². The van der Waals surface area contributed by atoms with Crippen LogP contribution < -0.4 is 0 Å². The van der Waals surface area contributed by atoms with Crippen molar-refractivity contribution in [3.8, 4) is 0 Å². The first-order valence-corrected chi connectivity index (χ1v) is 10.4. The van der Waals surface area contributed by atoms with Crippen molar-refractivity contribution >= 4 is 0 Å². The molecule has 0 radical (unpaired) electrons. The van der Waals surface area contributed by atoms with Gasteiger partial charge in [0.2, 0.25) is 0 Å². The van der Waals surface area contributed by atoms with Gasteiger partial charge in [-0.2, -0.15) is 0 Å². The molecule has 2 saturated heterocycles. The fourth-order valence-corrected chi connectivity index (χ4v) is 3.85. The second-order valence-corrected chi connectivity index (χ2v) is 7.29. The molecule has 0 amide bonds. The minimum absolute atomic E-state index is 0.0124. The summed E-state index contributed by atoms with van der Waals surface area (Å²) >= 11 is 0. The van der Waals surface area contributed by atoms with Gasteiger partial charge < -0.3 is 24.1 Å². The number of aliphatic hydroxyl groups excluding tert-OH is 1. The Labute approximate surface area is 153 Å². The van der Waals surface area contributed by atoms with Crippen molar-refractivity contribution in [3.63, 3.8) is 0 Å². The van der Waals surface area contributed by atoms with E-state index in [-0.39, 0.29) is 37.3 Å². The molecule has 2 aliphatic heterocycles. The van der Waals surface area contributed by atoms with E-state index in [0.29, 0.717) is 6.61 Å². The lowest BCUT2D eigenvalue weighted by Gasteiger charge is -2.24. The van der Waals surface area contributed by atoms with Crippen LogP contribution in [0.25, 0.3) is 0 Å². The van der Waals surface area contributed by atoms with E-state index in [1.807, 2.05) is 6.92 Å². The van der Waals surface area contributed by atoms with Crippen molar-refractivity contribution in [3.05, 3.63) is 0 Å². The van der Waals surface area contributed by atoms with E-state index < -0.39 is 0 Å². The van der Waals surface area contributed by atoms with Crippen LogP contribution in [0, 0.1) is 0 Å². The van der Waals surface area contributed by atoms with Gasteiger partial charge in [-0.3, -0.25) is 0 Å². The van der Waals surface area contributed by atoms with Gasteiger partial charge in [0.15, 0.2) is 6.29 Å². The Balaban J connectivity index is 1.58. The van der Waals surface area contributed by atoms with Crippen LogP contribution in [0.2, 0.25) is 0 Å². The average Bonchev–Trinajstić information content (AvgIpc) is 3.28. The molecule has 0 bridgehead atoms. The van der Waals surface area contributed by atoms with Crippen LogP contribution >= 0.6 is 0 Å². The molecular formula is C20H38O5. The minimum atomic E-state index is -0.212. The standard InChI is InChI=1S/C20H38O5/c1-3-5-6-7-8-9-14-23-20-13-12-17(25-20)16-10-11-18(24-16)19(15-21)22-4-2/h16-21H,3-15H2,1-2H3/t16-,17+,18+,19-,20?/m0/s1. The molecule has 0 aromatic rings. The summed E-state index contributed by atoms with van der Waals surface area (Å²) in [6, 6.07) is 0. The highest BCUT2D eigenvalue weighted by molar-refractivity contribution is 4.86. The van der Waals surface area contributed by atoms with Crippen molar-refractivity contribution in [2.75, 3.05) is 19.8 Å². The predicted octanol–water partition coefficient (Wildman–Crippen LogP) is 3.81. The summed E-state index contributed by atoms with van der Waals surface area (Å²) in [5.41, 5.74) is 0. The van der Waals surface area contributed by atoms with Crippen LogP contribution in [-0.4, -0.2) is 55.6 Å². The van der Waals surface area contributed by atoms with E-state index in [9.17, 15) is 5.11 Å². The molecule has 2 aliphatic rings. The molecule has 0 aromatic carbocycles. The number of unbranched alkanes of at least 4 members (excludes halogenated alkanes) is 5. The molecule has 0 spiro atoms. The van der Waals surface area contributed by atoms with Crippen LogP contribution in [0.15, 0.2) is 0 Å². The van der Waals surface area contributed by atoms with Gasteiger partial charge in [-0.15, -0.1) is 0 Å². The highest BCUT2D eigenvalue weighted by Gasteiger charge is 2.40. The van der Waals surface area contributed by atoms with Crippen molar-refractivity contribution in [1.29, 1.82) is 0 Å². The molecule has 5 heteroatoms. The SMILES string of the molecule is CCCCCCCCOC1CC[C@H]([C@@H]2CC[C@H]([C@H](CO)OCC)O2)O1. The lowest BCUT2D eigenvalue weighted by molar-refractivity contribution is -0.168. The number of rotatable bonds is 13. The molecule has 2 fully saturated rings. The van der Waals surface area contributed by atoms with Crippen molar-refractivity contribution < 1.29 is 24.1 Å². The Bertz CT molecular complexity index is 338. The molecule has 2 heterocycles. The Morgan fingerprint density at radius 1 is 0.920 bits per heavy atom. The maximum absolute atomic E-state index is 9.44. The molecule has 148 valence electrons. The summed E-state index contributed by atoms with van der Waals surface area (Å²) < 4.78 is 23.6. The zero-order valence-electron chi connectivity index (χ0n) is 16.2. The molecule has 5 atom stereocenters. The van der Waals surface area contributed by atoms with Gasteiger partial charge in [-0.05, 0) is 32.6 Å². The van der Waals surface area contributed by atoms with Gasteiger partial charge in [0.1, 0.15) is 6.10 Å². The Morgan fingerprint density at radius 3 is 2.40 bits per heavy atom. The first-order valence-electron chi connectivity index (χ1n) is 10.4. The molecule has 1 N–H and O–H groups in total. The summed E-state index contributed by atoms with van der Waals surface area (Å²) in [5, 5.41) is 9.44. The van der Waals surface area contributed by atoms with Crippen LogP contribution in [0.4, 0.5) is 0 Å². The number of hydrogen-bond acceptors (Lipinski definition) is 5. The third kappa shape index (κ3) is 7.14. The number of aliphatic hydroxyl groups is 1. The van der Waals surface area contributed by atoms with Gasteiger partial charge in [0, 0.05) is 19.6 Å². The Kier molecular flexibility index (Phi) is 10.3. The third-order valence-corrected chi connectivity index (χ3v) is 5.29. The van der Waals surface area contributed by atoms with Crippen molar-refractivity contribution in [1.82, 2.24) is 0 Å². The minimum Gasteiger partial charge on any atom is -0.394 e. The van der Waals surface area contributed by atoms with Gasteiger partial charge in [0.25, 0.3) is 0 Å². The molecule has 0 aliphatic carbocycles. The van der Waals surface area contributed by atoms with Crippen LogP contribution in [-0.2, 0) is 18.9 Å². The molecule has 2 rings (SSSR count). The van der Waals surface area contributed by atoms with Crippen LogP contribution in [0.5, 0.6) is 0 Å². The van der Waals surface area contributed by atoms with E-state index in [0.717, 1.165) is 38.7 Å². The van der Waals surface area contributed by atoms with Crippen molar-refractivity contribution in [2.45, 2.75) is 109 Å². The smallest absolute Gasteiger partial charge is 0.158 e. The van der Waals surface area contributed by atoms with Gasteiger partial charge in [-0.1, -0.05) is 39.0 Å². The highest BCUT2D eigenvalue weighted by atomic mass is 16.7. The fraction of sp³-hybridized carbons (Fsp3) is 1.00. The van der Waals surface area contributed by atoms with E-state index in [1.54, 1.807) is 0 Å². The van der Waals surface area contributed by atoms with Gasteiger partial charge in [0.05, 0.1) is 24.9 Å². The first-order chi connectivity index (χ1) is 12.3. The summed E-state index contributed by atoms with van der Waals surface area (Å²) in [7, 11) is 0. The van der Waals surface area contributed by atoms with E-state index in [1.165, 1.54) is 32.1 Å². The normalized spacial score (nSPS) is 30.8. The number of ether oxygens (including phenoxy) is 4. The summed E-state index contributed by atoms with van der Waals surface area (Å²) in [5.74, 6) is 0. The summed E-state index contributed by atoms with van der Waals surface area (Å²) in [6.07, 6.45) is 11.5. The first kappa shape index (κ1) is 21.1. The Hall–Kier alpha value is -0.200. The van der Waals surface area contributed by atoms with E-state index in [2.05, 4.69) is 6.92 Å². The monoisotopic (exact) mass is 358 g/mol. The zero-order valence-corrected chi connectivity index (χ0v) is 16.2. The van der Waals surface area contributed by atoms with E-state index in [4.69, 9.17) is 18.9 Å². The lowest BCUT2D eigenvalue weighted by Crippen LogP contribution is -2.35. The summed E-state index contributed by atoms with van der Waals surface area (Å²) in [6.45, 7) is 5.61. The second-order valence-electron chi connectivity index (χ2n) is 7.29. The van der Waals surface area contributed by atoms with Crippen LogP contribution in [0.3, 0.4) is 0 Å². The molecule has 25 heavy (non-hydrogen) atoms. The highest BCUT2D eigenvalue weighted by Crippen LogP contribution is 2.33. The zero-order chi connectivity index (χ0) is 17.9. The van der Waals surface area contributed by atoms with Crippen LogP contribution in [0.1, 0.15) is 78.1 Å². The fourth-order valence-electron chi connectivity index (χ4n) is 3.85. The summed E-state index contributed by atoms with van der Waals surface area (Å²) in [4.78, 5) is 0. The molecule has 5 nitrogen and oxygen atoms in total.